The maximum absolute atomic E-state index is 12.5. The normalized spacial score (nSPS) is 10.7. The minimum absolute atomic E-state index is 0.269. The van der Waals surface area contributed by atoms with Gasteiger partial charge in [-0.2, -0.15) is 0 Å². The zero-order chi connectivity index (χ0) is 18.6. The Labute approximate surface area is 160 Å². The highest BCUT2D eigenvalue weighted by atomic mass is 35.5. The quantitative estimate of drug-likeness (QED) is 0.588. The lowest BCUT2D eigenvalue weighted by atomic mass is 10.0. The highest BCUT2D eigenvalue weighted by Gasteiger charge is 2.12. The van der Waals surface area contributed by atoms with Gasteiger partial charge in [-0.05, 0) is 35.9 Å². The van der Waals surface area contributed by atoms with E-state index in [4.69, 9.17) is 11.6 Å². The molecule has 0 saturated heterocycles. The third-order valence-corrected chi connectivity index (χ3v) is 4.31. The topological polar surface area (TPSA) is 80.7 Å². The standard InChI is InChI=1S/C20H14ClN5O/c21-15-4-1-13(2-5-15)17-11-23-9-14-3-6-18(26-19(14)17)20(27)24-10-16-7-8-22-12-25-16/h1-9,11-12H,10H2,(H,24,27). The zero-order valence-electron chi connectivity index (χ0n) is 14.1. The average Bonchev–Trinajstić information content (AvgIpc) is 2.72. The van der Waals surface area contributed by atoms with Crippen molar-refractivity contribution in [2.45, 2.75) is 6.54 Å². The van der Waals surface area contributed by atoms with Crippen molar-refractivity contribution in [3.05, 3.63) is 83.8 Å². The number of aromatic nitrogens is 4. The summed E-state index contributed by atoms with van der Waals surface area (Å²) in [6.07, 6.45) is 6.54. The Balaban J connectivity index is 1.65. The summed E-state index contributed by atoms with van der Waals surface area (Å²) in [5.41, 5.74) is 3.54. The van der Waals surface area contributed by atoms with Crippen LogP contribution in [0.15, 0.2) is 67.4 Å². The van der Waals surface area contributed by atoms with Crippen LogP contribution in [-0.2, 0) is 6.54 Å². The lowest BCUT2D eigenvalue weighted by Gasteiger charge is -2.08. The van der Waals surface area contributed by atoms with Gasteiger partial charge in [-0.3, -0.25) is 9.78 Å². The van der Waals surface area contributed by atoms with E-state index >= 15 is 0 Å². The maximum Gasteiger partial charge on any atom is 0.270 e. The van der Waals surface area contributed by atoms with Gasteiger partial charge in [-0.15, -0.1) is 0 Å². The lowest BCUT2D eigenvalue weighted by molar-refractivity contribution is 0.0946. The Kier molecular flexibility index (Phi) is 4.72. The zero-order valence-corrected chi connectivity index (χ0v) is 14.9. The Bertz CT molecular complexity index is 1100. The fourth-order valence-electron chi connectivity index (χ4n) is 2.69. The molecule has 132 valence electrons. The first-order valence-corrected chi connectivity index (χ1v) is 8.62. The summed E-state index contributed by atoms with van der Waals surface area (Å²) in [5.74, 6) is -0.269. The van der Waals surface area contributed by atoms with Crippen LogP contribution in [0.3, 0.4) is 0 Å². The number of carbonyl (C=O) groups is 1. The Morgan fingerprint density at radius 1 is 1.00 bits per heavy atom. The van der Waals surface area contributed by atoms with Gasteiger partial charge in [0.1, 0.15) is 12.0 Å². The van der Waals surface area contributed by atoms with Crippen molar-refractivity contribution in [3.8, 4) is 11.1 Å². The van der Waals surface area contributed by atoms with E-state index in [9.17, 15) is 4.79 Å². The predicted molar refractivity (Wildman–Crippen MR) is 103 cm³/mol. The van der Waals surface area contributed by atoms with E-state index in [2.05, 4.69) is 25.3 Å². The van der Waals surface area contributed by atoms with Gasteiger partial charge >= 0.3 is 0 Å². The van der Waals surface area contributed by atoms with E-state index < -0.39 is 0 Å². The number of hydrogen-bond acceptors (Lipinski definition) is 5. The van der Waals surface area contributed by atoms with Crippen LogP contribution in [0.25, 0.3) is 22.0 Å². The Morgan fingerprint density at radius 2 is 1.85 bits per heavy atom. The molecule has 0 radical (unpaired) electrons. The van der Waals surface area contributed by atoms with E-state index in [0.717, 1.165) is 22.2 Å². The molecule has 0 unspecified atom stereocenters. The van der Waals surface area contributed by atoms with Gasteiger partial charge in [0.2, 0.25) is 0 Å². The summed E-state index contributed by atoms with van der Waals surface area (Å²) in [7, 11) is 0. The molecule has 0 bridgehead atoms. The number of hydrogen-bond donors (Lipinski definition) is 1. The van der Waals surface area contributed by atoms with Gasteiger partial charge in [0.15, 0.2) is 0 Å². The van der Waals surface area contributed by atoms with Gasteiger partial charge in [0.25, 0.3) is 5.91 Å². The number of carbonyl (C=O) groups excluding carboxylic acids is 1. The molecule has 0 atom stereocenters. The van der Waals surface area contributed by atoms with Gasteiger partial charge in [-0.25, -0.2) is 15.0 Å². The maximum atomic E-state index is 12.5. The van der Waals surface area contributed by atoms with Crippen LogP contribution in [-0.4, -0.2) is 25.8 Å². The number of nitrogens with one attached hydrogen (secondary N) is 1. The van der Waals surface area contributed by atoms with Crippen molar-refractivity contribution in [3.63, 3.8) is 0 Å². The summed E-state index contributed by atoms with van der Waals surface area (Å²) in [6, 6.07) is 12.7. The van der Waals surface area contributed by atoms with Gasteiger partial charge in [0, 0.05) is 34.6 Å². The molecular formula is C20H14ClN5O. The van der Waals surface area contributed by atoms with Gasteiger partial charge in [-0.1, -0.05) is 23.7 Å². The van der Waals surface area contributed by atoms with Crippen LogP contribution in [0.5, 0.6) is 0 Å². The van der Waals surface area contributed by atoms with Crippen molar-refractivity contribution >= 4 is 28.4 Å². The van der Waals surface area contributed by atoms with Crippen molar-refractivity contribution in [1.82, 2.24) is 25.3 Å². The molecular weight excluding hydrogens is 362 g/mol. The molecule has 0 aliphatic rings. The van der Waals surface area contributed by atoms with E-state index in [1.807, 2.05) is 30.3 Å². The molecule has 0 spiro atoms. The van der Waals surface area contributed by atoms with Crippen molar-refractivity contribution in [1.29, 1.82) is 0 Å². The third-order valence-electron chi connectivity index (χ3n) is 4.06. The van der Waals surface area contributed by atoms with Crippen molar-refractivity contribution < 1.29 is 4.79 Å². The highest BCUT2D eigenvalue weighted by molar-refractivity contribution is 6.30. The second-order valence-electron chi connectivity index (χ2n) is 5.85. The van der Waals surface area contributed by atoms with Crippen molar-refractivity contribution in [2.24, 2.45) is 0 Å². The molecule has 3 aromatic heterocycles. The molecule has 0 fully saturated rings. The first-order valence-electron chi connectivity index (χ1n) is 8.24. The molecule has 1 aromatic carbocycles. The summed E-state index contributed by atoms with van der Waals surface area (Å²) >= 11 is 5.98. The summed E-state index contributed by atoms with van der Waals surface area (Å²) in [5, 5.41) is 4.34. The molecule has 3 heterocycles. The molecule has 27 heavy (non-hydrogen) atoms. The minimum atomic E-state index is -0.269. The second kappa shape index (κ2) is 7.47. The van der Waals surface area contributed by atoms with Crippen LogP contribution in [0, 0.1) is 0 Å². The smallest absolute Gasteiger partial charge is 0.270 e. The van der Waals surface area contributed by atoms with Crippen LogP contribution < -0.4 is 5.32 Å². The van der Waals surface area contributed by atoms with Gasteiger partial charge < -0.3 is 5.32 Å². The minimum Gasteiger partial charge on any atom is -0.345 e. The molecule has 4 rings (SSSR count). The second-order valence-corrected chi connectivity index (χ2v) is 6.28. The molecule has 1 N–H and O–H groups in total. The van der Waals surface area contributed by atoms with E-state index in [-0.39, 0.29) is 5.91 Å². The largest absolute Gasteiger partial charge is 0.345 e. The van der Waals surface area contributed by atoms with Crippen LogP contribution in [0.2, 0.25) is 5.02 Å². The fraction of sp³-hybridized carbons (Fsp3) is 0.0500. The number of benzene rings is 1. The van der Waals surface area contributed by atoms with Gasteiger partial charge in [0.05, 0.1) is 17.8 Å². The Morgan fingerprint density at radius 3 is 2.63 bits per heavy atom. The number of nitrogens with zero attached hydrogens (tertiary/aromatic N) is 4. The summed E-state index contributed by atoms with van der Waals surface area (Å²) < 4.78 is 0. The van der Waals surface area contributed by atoms with Crippen LogP contribution in [0.4, 0.5) is 0 Å². The number of pyridine rings is 2. The van der Waals surface area contributed by atoms with E-state index in [1.165, 1.54) is 6.33 Å². The molecule has 0 saturated carbocycles. The number of halogens is 1. The monoisotopic (exact) mass is 375 g/mol. The first kappa shape index (κ1) is 17.1. The summed E-state index contributed by atoms with van der Waals surface area (Å²) in [6.45, 7) is 0.307. The first-order chi connectivity index (χ1) is 13.2. The molecule has 1 amide bonds. The Hall–Kier alpha value is -3.38. The van der Waals surface area contributed by atoms with Crippen LogP contribution >= 0.6 is 11.6 Å². The molecule has 4 aromatic rings. The fourth-order valence-corrected chi connectivity index (χ4v) is 2.82. The lowest BCUT2D eigenvalue weighted by Crippen LogP contribution is -2.24. The van der Waals surface area contributed by atoms with Crippen molar-refractivity contribution in [2.75, 3.05) is 0 Å². The molecule has 6 nitrogen and oxygen atoms in total. The van der Waals surface area contributed by atoms with E-state index in [1.54, 1.807) is 30.7 Å². The van der Waals surface area contributed by atoms with Crippen LogP contribution in [0.1, 0.15) is 16.2 Å². The highest BCUT2D eigenvalue weighted by Crippen LogP contribution is 2.27. The van der Waals surface area contributed by atoms with E-state index in [0.29, 0.717) is 22.8 Å². The molecule has 7 heteroatoms. The summed E-state index contributed by atoms with van der Waals surface area (Å²) in [4.78, 5) is 29.3. The molecule has 0 aliphatic heterocycles. The number of fused-ring (bicyclic) bond motifs is 1. The number of rotatable bonds is 4. The molecule has 0 aliphatic carbocycles. The third kappa shape index (κ3) is 3.75. The number of amides is 1. The predicted octanol–water partition coefficient (Wildman–Crippen LogP) is 3.67. The SMILES string of the molecule is O=C(NCc1ccncn1)c1ccc2cncc(-c3ccc(Cl)cc3)c2n1. The average molecular weight is 376 g/mol.